The van der Waals surface area contributed by atoms with Crippen molar-refractivity contribution < 1.29 is 9.34 Å². The van der Waals surface area contributed by atoms with Crippen LogP contribution in [0.15, 0.2) is 64.0 Å². The molecular formula is C16H10BrNO4. The average molecular weight is 360 g/mol. The highest BCUT2D eigenvalue weighted by Gasteiger charge is 2.17. The monoisotopic (exact) mass is 359 g/mol. The molecule has 0 fully saturated rings. The van der Waals surface area contributed by atoms with Crippen LogP contribution in [0, 0.1) is 10.1 Å². The number of fused-ring (bicyclic) bond motifs is 1. The van der Waals surface area contributed by atoms with Gasteiger partial charge in [-0.25, -0.2) is 0 Å². The standard InChI is InChI=1S/C16H10BrNO4/c17-15(10-5-7-11(8-6-10)18(20)21)13-9-22-14-4-2-1-3-12(14)16(13)19/h1-9,15H. The summed E-state index contributed by atoms with van der Waals surface area (Å²) >= 11 is 3.46. The quantitative estimate of drug-likeness (QED) is 0.399. The summed E-state index contributed by atoms with van der Waals surface area (Å²) < 4.78 is 5.49. The lowest BCUT2D eigenvalue weighted by molar-refractivity contribution is -0.384. The molecule has 0 spiro atoms. The SMILES string of the molecule is O=c1c(C(Br)c2ccc([N+](=O)[O-])cc2)coc2ccccc12. The van der Waals surface area contributed by atoms with Crippen molar-refractivity contribution in [3.05, 3.63) is 86.3 Å². The number of nitrogens with zero attached hydrogens (tertiary/aromatic N) is 1. The van der Waals surface area contributed by atoms with Gasteiger partial charge in [-0.3, -0.25) is 14.9 Å². The highest BCUT2D eigenvalue weighted by atomic mass is 79.9. The molecule has 0 aliphatic heterocycles. The van der Waals surface area contributed by atoms with Crippen LogP contribution in [0.2, 0.25) is 0 Å². The average Bonchev–Trinajstić information content (AvgIpc) is 2.55. The zero-order chi connectivity index (χ0) is 15.7. The Bertz CT molecular complexity index is 902. The molecule has 0 amide bonds. The van der Waals surface area contributed by atoms with E-state index >= 15 is 0 Å². The molecule has 1 aromatic heterocycles. The summed E-state index contributed by atoms with van der Waals surface area (Å²) in [6.45, 7) is 0. The van der Waals surface area contributed by atoms with Crippen LogP contribution in [0.4, 0.5) is 5.69 Å². The third-order valence-electron chi connectivity index (χ3n) is 3.38. The third-order valence-corrected chi connectivity index (χ3v) is 4.40. The summed E-state index contributed by atoms with van der Waals surface area (Å²) in [7, 11) is 0. The minimum atomic E-state index is -0.461. The number of benzene rings is 2. The molecular weight excluding hydrogens is 350 g/mol. The van der Waals surface area contributed by atoms with Gasteiger partial charge in [-0.2, -0.15) is 0 Å². The molecule has 5 nitrogen and oxygen atoms in total. The van der Waals surface area contributed by atoms with E-state index in [-0.39, 0.29) is 11.1 Å². The number of nitro groups is 1. The first-order valence-electron chi connectivity index (χ1n) is 6.47. The first-order chi connectivity index (χ1) is 10.6. The van der Waals surface area contributed by atoms with E-state index in [1.165, 1.54) is 18.4 Å². The largest absolute Gasteiger partial charge is 0.464 e. The number of hydrogen-bond acceptors (Lipinski definition) is 4. The van der Waals surface area contributed by atoms with Crippen molar-refractivity contribution in [3.63, 3.8) is 0 Å². The summed E-state index contributed by atoms with van der Waals surface area (Å²) in [5.74, 6) is 0. The smallest absolute Gasteiger partial charge is 0.269 e. The topological polar surface area (TPSA) is 73.3 Å². The molecule has 1 unspecified atom stereocenters. The lowest BCUT2D eigenvalue weighted by atomic mass is 10.0. The highest BCUT2D eigenvalue weighted by Crippen LogP contribution is 2.30. The number of alkyl halides is 1. The van der Waals surface area contributed by atoms with Crippen LogP contribution in [-0.2, 0) is 0 Å². The lowest BCUT2D eigenvalue weighted by Crippen LogP contribution is -2.11. The number of non-ortho nitro benzene ring substituents is 1. The van der Waals surface area contributed by atoms with Crippen molar-refractivity contribution in [3.8, 4) is 0 Å². The Balaban J connectivity index is 2.05. The number of rotatable bonds is 3. The van der Waals surface area contributed by atoms with Crippen LogP contribution in [0.3, 0.4) is 0 Å². The van der Waals surface area contributed by atoms with Crippen molar-refractivity contribution in [2.24, 2.45) is 0 Å². The van der Waals surface area contributed by atoms with Crippen LogP contribution in [-0.4, -0.2) is 4.92 Å². The second kappa shape index (κ2) is 5.73. The van der Waals surface area contributed by atoms with Gasteiger partial charge in [0.1, 0.15) is 5.58 Å². The van der Waals surface area contributed by atoms with E-state index in [0.29, 0.717) is 16.5 Å². The molecule has 110 valence electrons. The zero-order valence-electron chi connectivity index (χ0n) is 11.2. The number of halogens is 1. The Morgan fingerprint density at radius 1 is 1.09 bits per heavy atom. The van der Waals surface area contributed by atoms with Crippen molar-refractivity contribution in [2.45, 2.75) is 4.83 Å². The van der Waals surface area contributed by atoms with Gasteiger partial charge in [0, 0.05) is 12.1 Å². The maximum absolute atomic E-state index is 12.5. The van der Waals surface area contributed by atoms with E-state index in [1.54, 1.807) is 36.4 Å². The maximum Gasteiger partial charge on any atom is 0.269 e. The summed E-state index contributed by atoms with van der Waals surface area (Å²) in [5.41, 5.74) is 1.61. The summed E-state index contributed by atoms with van der Waals surface area (Å²) in [4.78, 5) is 22.3. The highest BCUT2D eigenvalue weighted by molar-refractivity contribution is 9.09. The Kier molecular flexibility index (Phi) is 3.77. The van der Waals surface area contributed by atoms with Crippen LogP contribution < -0.4 is 5.43 Å². The Morgan fingerprint density at radius 2 is 1.77 bits per heavy atom. The van der Waals surface area contributed by atoms with Crippen LogP contribution in [0.5, 0.6) is 0 Å². The Morgan fingerprint density at radius 3 is 2.45 bits per heavy atom. The molecule has 2 aromatic carbocycles. The molecule has 3 rings (SSSR count). The van der Waals surface area contributed by atoms with Crippen molar-refractivity contribution in [2.75, 3.05) is 0 Å². The normalized spacial score (nSPS) is 12.2. The lowest BCUT2D eigenvalue weighted by Gasteiger charge is -2.10. The van der Waals surface area contributed by atoms with E-state index in [1.807, 2.05) is 0 Å². The third kappa shape index (κ3) is 2.53. The van der Waals surface area contributed by atoms with Gasteiger partial charge in [-0.05, 0) is 17.7 Å². The second-order valence-corrected chi connectivity index (χ2v) is 5.64. The van der Waals surface area contributed by atoms with Crippen molar-refractivity contribution in [1.29, 1.82) is 0 Å². The Hall–Kier alpha value is -2.47. The van der Waals surface area contributed by atoms with Crippen LogP contribution in [0.1, 0.15) is 16.0 Å². The van der Waals surface area contributed by atoms with E-state index < -0.39 is 9.75 Å². The molecule has 3 aromatic rings. The van der Waals surface area contributed by atoms with Gasteiger partial charge in [0.2, 0.25) is 0 Å². The fourth-order valence-corrected chi connectivity index (χ4v) is 2.83. The van der Waals surface area contributed by atoms with Crippen molar-refractivity contribution >= 4 is 32.6 Å². The van der Waals surface area contributed by atoms with Gasteiger partial charge in [0.25, 0.3) is 5.69 Å². The molecule has 0 N–H and O–H groups in total. The molecule has 0 aliphatic rings. The van der Waals surface area contributed by atoms with Gasteiger partial charge >= 0.3 is 0 Å². The molecule has 0 saturated carbocycles. The van der Waals surface area contributed by atoms with Gasteiger partial charge < -0.3 is 4.42 Å². The molecule has 0 aliphatic carbocycles. The molecule has 6 heteroatoms. The van der Waals surface area contributed by atoms with E-state index in [9.17, 15) is 14.9 Å². The minimum absolute atomic E-state index is 0.00833. The molecule has 1 heterocycles. The van der Waals surface area contributed by atoms with Gasteiger partial charge in [0.15, 0.2) is 5.43 Å². The first-order valence-corrected chi connectivity index (χ1v) is 7.38. The fourth-order valence-electron chi connectivity index (χ4n) is 2.21. The Labute approximate surface area is 133 Å². The fraction of sp³-hybridized carbons (Fsp3) is 0.0625. The molecule has 0 radical (unpaired) electrons. The zero-order valence-corrected chi connectivity index (χ0v) is 12.8. The predicted octanol–water partition coefficient (Wildman–Crippen LogP) is 4.19. The van der Waals surface area contributed by atoms with Gasteiger partial charge in [0.05, 0.1) is 27.0 Å². The number of hydrogen-bond donors (Lipinski definition) is 0. The van der Waals surface area contributed by atoms with E-state index in [2.05, 4.69) is 15.9 Å². The number of nitro benzene ring substituents is 1. The molecule has 0 bridgehead atoms. The first kappa shape index (κ1) is 14.5. The summed E-state index contributed by atoms with van der Waals surface area (Å²) in [5, 5.41) is 11.2. The van der Waals surface area contributed by atoms with Gasteiger partial charge in [-0.1, -0.05) is 40.2 Å². The van der Waals surface area contributed by atoms with E-state index in [4.69, 9.17) is 4.42 Å². The van der Waals surface area contributed by atoms with E-state index in [0.717, 1.165) is 5.56 Å². The maximum atomic E-state index is 12.5. The van der Waals surface area contributed by atoms with Crippen LogP contribution >= 0.6 is 15.9 Å². The molecule has 0 saturated heterocycles. The number of para-hydroxylation sites is 1. The van der Waals surface area contributed by atoms with Crippen LogP contribution in [0.25, 0.3) is 11.0 Å². The predicted molar refractivity (Wildman–Crippen MR) is 86.4 cm³/mol. The van der Waals surface area contributed by atoms with Crippen molar-refractivity contribution in [1.82, 2.24) is 0 Å². The summed E-state index contributed by atoms with van der Waals surface area (Å²) in [6, 6.07) is 13.1. The van der Waals surface area contributed by atoms with Gasteiger partial charge in [-0.15, -0.1) is 0 Å². The summed E-state index contributed by atoms with van der Waals surface area (Å²) in [6.07, 6.45) is 1.42. The minimum Gasteiger partial charge on any atom is -0.464 e. The molecule has 1 atom stereocenters. The second-order valence-electron chi connectivity index (χ2n) is 4.73. The molecule has 22 heavy (non-hydrogen) atoms.